The first-order chi connectivity index (χ1) is 11.2. The molecule has 0 saturated carbocycles. The fourth-order valence-electron chi connectivity index (χ4n) is 1.75. The first-order valence-corrected chi connectivity index (χ1v) is 6.61. The highest BCUT2D eigenvalue weighted by Crippen LogP contribution is 2.24. The van der Waals surface area contributed by atoms with Crippen molar-refractivity contribution < 1.29 is 9.21 Å². The van der Waals surface area contributed by atoms with E-state index in [4.69, 9.17) is 10.2 Å². The highest BCUT2D eigenvalue weighted by Gasteiger charge is 2.11. The van der Waals surface area contributed by atoms with Crippen LogP contribution in [0, 0.1) is 0 Å². The second-order valence-electron chi connectivity index (χ2n) is 4.41. The molecule has 0 fully saturated rings. The van der Waals surface area contributed by atoms with E-state index < -0.39 is 5.91 Å². The van der Waals surface area contributed by atoms with E-state index in [9.17, 15) is 4.79 Å². The number of hydrogen-bond acceptors (Lipinski definition) is 8. The van der Waals surface area contributed by atoms with Crippen LogP contribution in [-0.2, 0) is 0 Å². The summed E-state index contributed by atoms with van der Waals surface area (Å²) in [7, 11) is 0. The number of hydrazine groups is 1. The van der Waals surface area contributed by atoms with E-state index in [-0.39, 0.29) is 17.3 Å². The number of anilines is 4. The Bertz CT molecular complexity index is 790. The van der Waals surface area contributed by atoms with Crippen LogP contribution < -0.4 is 21.9 Å². The van der Waals surface area contributed by atoms with Crippen LogP contribution >= 0.6 is 0 Å². The van der Waals surface area contributed by atoms with E-state index >= 15 is 0 Å². The zero-order valence-electron chi connectivity index (χ0n) is 11.9. The fourth-order valence-corrected chi connectivity index (χ4v) is 1.75. The van der Waals surface area contributed by atoms with Crippen LogP contribution in [0.5, 0.6) is 0 Å². The summed E-state index contributed by atoms with van der Waals surface area (Å²) in [5.74, 6) is 0.364. The largest absolute Gasteiger partial charge is 0.459 e. The minimum absolute atomic E-state index is 0.166. The lowest BCUT2D eigenvalue weighted by Crippen LogP contribution is -2.30. The summed E-state index contributed by atoms with van der Waals surface area (Å²) in [5, 5.41) is 3.02. The first kappa shape index (κ1) is 14.3. The van der Waals surface area contributed by atoms with Gasteiger partial charge in [0.25, 0.3) is 0 Å². The number of rotatable bonds is 5. The highest BCUT2D eigenvalue weighted by molar-refractivity contribution is 5.92. The lowest BCUT2D eigenvalue weighted by Gasteiger charge is -2.12. The molecule has 9 nitrogen and oxygen atoms in total. The number of carbonyl (C=O) groups excluding carboxylic acids is 1. The van der Waals surface area contributed by atoms with E-state index in [0.29, 0.717) is 5.82 Å². The van der Waals surface area contributed by atoms with E-state index in [1.54, 1.807) is 24.5 Å². The van der Waals surface area contributed by atoms with Crippen LogP contribution in [0.4, 0.5) is 23.0 Å². The minimum atomic E-state index is -0.449. The van der Waals surface area contributed by atoms with Crippen molar-refractivity contribution in [2.24, 2.45) is 0 Å². The molecule has 3 aromatic heterocycles. The molecule has 3 rings (SSSR count). The Kier molecular flexibility index (Phi) is 4.01. The normalized spacial score (nSPS) is 10.1. The van der Waals surface area contributed by atoms with Crippen molar-refractivity contribution in [2.75, 3.05) is 16.5 Å². The van der Waals surface area contributed by atoms with Gasteiger partial charge in [0.1, 0.15) is 12.0 Å². The van der Waals surface area contributed by atoms with Crippen LogP contribution in [0.2, 0.25) is 0 Å². The van der Waals surface area contributed by atoms with Crippen molar-refractivity contribution in [1.29, 1.82) is 0 Å². The monoisotopic (exact) mass is 311 g/mol. The van der Waals surface area contributed by atoms with Crippen molar-refractivity contribution in [1.82, 2.24) is 20.4 Å². The molecule has 0 aromatic carbocycles. The van der Waals surface area contributed by atoms with E-state index in [0.717, 1.165) is 5.69 Å². The third kappa shape index (κ3) is 3.35. The molecule has 0 radical (unpaired) electrons. The number of hydrogen-bond donors (Lipinski definition) is 4. The first-order valence-electron chi connectivity index (χ1n) is 6.61. The fraction of sp³-hybridized carbons (Fsp3) is 0. The number of nitrogens with two attached hydrogens (primary N) is 1. The van der Waals surface area contributed by atoms with Gasteiger partial charge < -0.3 is 15.5 Å². The Morgan fingerprint density at radius 2 is 2.04 bits per heavy atom. The third-order valence-corrected chi connectivity index (χ3v) is 2.85. The minimum Gasteiger partial charge on any atom is -0.459 e. The Morgan fingerprint density at radius 3 is 2.78 bits per heavy atom. The summed E-state index contributed by atoms with van der Waals surface area (Å²) >= 11 is 0. The Morgan fingerprint density at radius 1 is 1.17 bits per heavy atom. The molecule has 0 unspecified atom stereocenters. The molecular formula is C14H13N7O2. The van der Waals surface area contributed by atoms with Gasteiger partial charge in [0, 0.05) is 6.20 Å². The number of furan rings is 1. The summed E-state index contributed by atoms with van der Waals surface area (Å²) in [6, 6.07) is 6.75. The van der Waals surface area contributed by atoms with Gasteiger partial charge in [-0.15, -0.1) is 0 Å². The molecule has 5 N–H and O–H groups in total. The van der Waals surface area contributed by atoms with Crippen molar-refractivity contribution in [3.8, 4) is 0 Å². The second kappa shape index (κ2) is 6.43. The van der Waals surface area contributed by atoms with Crippen LogP contribution in [0.25, 0.3) is 0 Å². The SMILES string of the molecule is Nc1c(NNC(=O)c2ccco2)ncnc1Nc1cccnc1. The predicted molar refractivity (Wildman–Crippen MR) is 83.8 cm³/mol. The Balaban J connectivity index is 1.71. The molecule has 23 heavy (non-hydrogen) atoms. The molecule has 9 heteroatoms. The average Bonchev–Trinajstić information content (AvgIpc) is 3.11. The molecule has 0 atom stereocenters. The Labute approximate surface area is 130 Å². The molecule has 3 aromatic rings. The molecule has 0 spiro atoms. The third-order valence-electron chi connectivity index (χ3n) is 2.85. The molecule has 0 saturated heterocycles. The number of amides is 1. The van der Waals surface area contributed by atoms with Gasteiger partial charge in [-0.25, -0.2) is 9.97 Å². The van der Waals surface area contributed by atoms with E-state index in [2.05, 4.69) is 31.1 Å². The van der Waals surface area contributed by atoms with E-state index in [1.807, 2.05) is 6.07 Å². The predicted octanol–water partition coefficient (Wildman–Crippen LogP) is 1.55. The number of carbonyl (C=O) groups is 1. The van der Waals surface area contributed by atoms with Crippen LogP contribution in [0.3, 0.4) is 0 Å². The molecule has 116 valence electrons. The second-order valence-corrected chi connectivity index (χ2v) is 4.41. The van der Waals surface area contributed by atoms with Gasteiger partial charge in [0.2, 0.25) is 0 Å². The van der Waals surface area contributed by atoms with Gasteiger partial charge in [-0.1, -0.05) is 0 Å². The smallest absolute Gasteiger partial charge is 0.305 e. The summed E-state index contributed by atoms with van der Waals surface area (Å²) in [5.41, 5.74) is 12.0. The Hall–Kier alpha value is -3.62. The lowest BCUT2D eigenvalue weighted by molar-refractivity contribution is 0.0935. The van der Waals surface area contributed by atoms with Crippen molar-refractivity contribution in [3.63, 3.8) is 0 Å². The molecule has 0 aliphatic rings. The zero-order chi connectivity index (χ0) is 16.1. The molecule has 0 aliphatic heterocycles. The van der Waals surface area contributed by atoms with E-state index in [1.165, 1.54) is 18.7 Å². The summed E-state index contributed by atoms with van der Waals surface area (Å²) in [4.78, 5) is 23.8. The molecule has 0 bridgehead atoms. The molecule has 1 amide bonds. The average molecular weight is 311 g/mol. The van der Waals surface area contributed by atoms with Crippen molar-refractivity contribution >= 4 is 28.9 Å². The highest BCUT2D eigenvalue weighted by atomic mass is 16.3. The van der Waals surface area contributed by atoms with Gasteiger partial charge in [-0.05, 0) is 24.3 Å². The maximum atomic E-state index is 11.8. The van der Waals surface area contributed by atoms with Crippen LogP contribution in [0.15, 0.2) is 53.7 Å². The quantitative estimate of drug-likeness (QED) is 0.522. The van der Waals surface area contributed by atoms with Crippen LogP contribution in [0.1, 0.15) is 10.6 Å². The maximum absolute atomic E-state index is 11.8. The molecule has 3 heterocycles. The summed E-state index contributed by atoms with van der Waals surface area (Å²) in [6.07, 6.45) is 6.01. The standard InChI is InChI=1S/C14H13N7O2/c15-11-12(19-9-3-1-5-16-7-9)17-8-18-13(11)20-21-14(22)10-4-2-6-23-10/h1-8H,15H2,(H,21,22)(H2,17,18,19,20). The number of nitrogens with zero attached hydrogens (tertiary/aromatic N) is 3. The molecule has 0 aliphatic carbocycles. The van der Waals surface area contributed by atoms with Crippen molar-refractivity contribution in [3.05, 3.63) is 55.0 Å². The van der Waals surface area contributed by atoms with Gasteiger partial charge in [-0.2, -0.15) is 0 Å². The zero-order valence-corrected chi connectivity index (χ0v) is 11.9. The number of nitrogens with one attached hydrogen (secondary N) is 3. The maximum Gasteiger partial charge on any atom is 0.305 e. The van der Waals surface area contributed by atoms with Gasteiger partial charge >= 0.3 is 5.91 Å². The molecular weight excluding hydrogens is 298 g/mol. The van der Waals surface area contributed by atoms with Gasteiger partial charge in [0.15, 0.2) is 17.4 Å². The lowest BCUT2D eigenvalue weighted by atomic mass is 10.4. The topological polar surface area (TPSA) is 131 Å². The number of aromatic nitrogens is 3. The summed E-state index contributed by atoms with van der Waals surface area (Å²) < 4.78 is 4.98. The van der Waals surface area contributed by atoms with Gasteiger partial charge in [0.05, 0.1) is 18.1 Å². The van der Waals surface area contributed by atoms with Gasteiger partial charge in [-0.3, -0.25) is 20.6 Å². The number of pyridine rings is 1. The van der Waals surface area contributed by atoms with Crippen LogP contribution in [-0.4, -0.2) is 20.9 Å². The summed E-state index contributed by atoms with van der Waals surface area (Å²) in [6.45, 7) is 0. The van der Waals surface area contributed by atoms with Crippen molar-refractivity contribution in [2.45, 2.75) is 0 Å². The number of nitrogen functional groups attached to an aromatic ring is 1.